The van der Waals surface area contributed by atoms with Gasteiger partial charge in [0.25, 0.3) is 5.91 Å². The Hall–Kier alpha value is -0.940. The average Bonchev–Trinajstić information content (AvgIpc) is 2.35. The monoisotopic (exact) mass is 315 g/mol. The third-order valence-electron chi connectivity index (χ3n) is 3.13. The van der Waals surface area contributed by atoms with Gasteiger partial charge < -0.3 is 10.1 Å². The summed E-state index contributed by atoms with van der Waals surface area (Å²) in [6.45, 7) is 3.33. The second-order valence-electron chi connectivity index (χ2n) is 4.54. The van der Waals surface area contributed by atoms with Crippen molar-refractivity contribution in [1.82, 2.24) is 5.32 Å². The fourth-order valence-corrected chi connectivity index (χ4v) is 2.44. The highest BCUT2D eigenvalue weighted by atomic mass is 79.9. The van der Waals surface area contributed by atoms with Crippen LogP contribution in [0.25, 0.3) is 0 Å². The first kappa shape index (κ1) is 13.5. The molecule has 2 rings (SSSR count). The quantitative estimate of drug-likeness (QED) is 0.911. The van der Waals surface area contributed by atoms with E-state index in [1.54, 1.807) is 0 Å². The number of nitrogens with one attached hydrogen (secondary N) is 1. The van der Waals surface area contributed by atoms with Crippen molar-refractivity contribution in [3.05, 3.63) is 34.1 Å². The molecule has 1 aliphatic rings. The number of carbonyl (C=O) groups excluding carboxylic acids is 1. The van der Waals surface area contributed by atoms with Gasteiger partial charge in [-0.1, -0.05) is 6.92 Å². The molecule has 2 atom stereocenters. The summed E-state index contributed by atoms with van der Waals surface area (Å²) in [7, 11) is 0. The first-order chi connectivity index (χ1) is 8.58. The first-order valence-electron chi connectivity index (χ1n) is 5.91. The normalized spacial score (nSPS) is 23.7. The van der Waals surface area contributed by atoms with E-state index in [1.165, 1.54) is 18.2 Å². The number of hydrogen-bond acceptors (Lipinski definition) is 2. The van der Waals surface area contributed by atoms with Gasteiger partial charge in [0.15, 0.2) is 0 Å². The van der Waals surface area contributed by atoms with E-state index in [1.807, 2.05) is 6.92 Å². The topological polar surface area (TPSA) is 38.3 Å². The lowest BCUT2D eigenvalue weighted by atomic mass is 9.97. The maximum Gasteiger partial charge on any atom is 0.252 e. The molecule has 0 aromatic heterocycles. The van der Waals surface area contributed by atoms with Crippen LogP contribution in [0.3, 0.4) is 0 Å². The van der Waals surface area contributed by atoms with Gasteiger partial charge in [-0.3, -0.25) is 4.79 Å². The van der Waals surface area contributed by atoms with Crippen molar-refractivity contribution in [2.45, 2.75) is 19.4 Å². The predicted molar refractivity (Wildman–Crippen MR) is 70.0 cm³/mol. The SMILES string of the molecule is CC1COCCC1NC(=O)c1cc(F)ccc1Br. The summed E-state index contributed by atoms with van der Waals surface area (Å²) in [4.78, 5) is 12.1. The van der Waals surface area contributed by atoms with Gasteiger partial charge in [0.1, 0.15) is 5.82 Å². The first-order valence-corrected chi connectivity index (χ1v) is 6.71. The molecule has 1 fully saturated rings. The molecule has 1 saturated heterocycles. The molecule has 0 aliphatic carbocycles. The summed E-state index contributed by atoms with van der Waals surface area (Å²) < 4.78 is 19.1. The van der Waals surface area contributed by atoms with E-state index in [9.17, 15) is 9.18 Å². The van der Waals surface area contributed by atoms with Crippen LogP contribution in [0.2, 0.25) is 0 Å². The zero-order chi connectivity index (χ0) is 13.1. The van der Waals surface area contributed by atoms with Gasteiger partial charge in [-0.15, -0.1) is 0 Å². The lowest BCUT2D eigenvalue weighted by Crippen LogP contribution is -2.44. The van der Waals surface area contributed by atoms with Crippen molar-refractivity contribution in [3.8, 4) is 0 Å². The van der Waals surface area contributed by atoms with Crippen molar-refractivity contribution in [2.75, 3.05) is 13.2 Å². The minimum Gasteiger partial charge on any atom is -0.381 e. The van der Waals surface area contributed by atoms with Crippen molar-refractivity contribution in [1.29, 1.82) is 0 Å². The van der Waals surface area contributed by atoms with Crippen molar-refractivity contribution in [3.63, 3.8) is 0 Å². The number of carbonyl (C=O) groups is 1. The maximum atomic E-state index is 13.1. The molecule has 0 bridgehead atoms. The second-order valence-corrected chi connectivity index (χ2v) is 5.40. The predicted octanol–water partition coefficient (Wildman–Crippen LogP) is 2.74. The summed E-state index contributed by atoms with van der Waals surface area (Å²) in [5, 5.41) is 2.94. The molecule has 1 aromatic carbocycles. The average molecular weight is 316 g/mol. The van der Waals surface area contributed by atoms with Crippen LogP contribution in [-0.2, 0) is 4.74 Å². The van der Waals surface area contributed by atoms with E-state index >= 15 is 0 Å². The van der Waals surface area contributed by atoms with Gasteiger partial charge in [-0.05, 0) is 46.5 Å². The number of amides is 1. The Morgan fingerprint density at radius 3 is 3.06 bits per heavy atom. The van der Waals surface area contributed by atoms with E-state index in [0.717, 1.165) is 6.42 Å². The number of hydrogen-bond donors (Lipinski definition) is 1. The summed E-state index contributed by atoms with van der Waals surface area (Å²) in [5.41, 5.74) is 0.327. The van der Waals surface area contributed by atoms with E-state index < -0.39 is 5.82 Å². The minimum absolute atomic E-state index is 0.0846. The Morgan fingerprint density at radius 2 is 2.33 bits per heavy atom. The molecule has 1 aliphatic heterocycles. The molecule has 1 heterocycles. The van der Waals surface area contributed by atoms with Crippen LogP contribution < -0.4 is 5.32 Å². The molecule has 2 unspecified atom stereocenters. The molecule has 1 amide bonds. The Labute approximate surface area is 114 Å². The zero-order valence-electron chi connectivity index (χ0n) is 10.1. The van der Waals surface area contributed by atoms with Crippen LogP contribution in [0.1, 0.15) is 23.7 Å². The molecule has 5 heteroatoms. The Kier molecular flexibility index (Phi) is 4.35. The Balaban J connectivity index is 2.09. The van der Waals surface area contributed by atoms with Crippen LogP contribution in [0.4, 0.5) is 4.39 Å². The van der Waals surface area contributed by atoms with Gasteiger partial charge in [0, 0.05) is 17.1 Å². The minimum atomic E-state index is -0.414. The van der Waals surface area contributed by atoms with Crippen molar-refractivity contribution in [2.24, 2.45) is 5.92 Å². The smallest absolute Gasteiger partial charge is 0.252 e. The summed E-state index contributed by atoms with van der Waals surface area (Å²) in [6, 6.07) is 4.18. The van der Waals surface area contributed by atoms with E-state index in [0.29, 0.717) is 23.2 Å². The lowest BCUT2D eigenvalue weighted by molar-refractivity contribution is 0.0375. The van der Waals surface area contributed by atoms with Gasteiger partial charge in [0.05, 0.1) is 12.2 Å². The van der Waals surface area contributed by atoms with Gasteiger partial charge in [-0.2, -0.15) is 0 Å². The molecule has 3 nitrogen and oxygen atoms in total. The highest BCUT2D eigenvalue weighted by Crippen LogP contribution is 2.19. The molecule has 1 N–H and O–H groups in total. The van der Waals surface area contributed by atoms with Crippen LogP contribution in [0.15, 0.2) is 22.7 Å². The van der Waals surface area contributed by atoms with E-state index in [4.69, 9.17) is 4.74 Å². The fourth-order valence-electron chi connectivity index (χ4n) is 2.01. The Bertz CT molecular complexity index is 453. The van der Waals surface area contributed by atoms with Crippen molar-refractivity contribution < 1.29 is 13.9 Å². The standard InChI is InChI=1S/C13H15BrFNO2/c1-8-7-18-5-4-12(8)16-13(17)10-6-9(15)2-3-11(10)14/h2-3,6,8,12H,4-5,7H2,1H3,(H,16,17). The van der Waals surface area contributed by atoms with Crippen LogP contribution in [0, 0.1) is 11.7 Å². The van der Waals surface area contributed by atoms with Crippen LogP contribution in [0.5, 0.6) is 0 Å². The Morgan fingerprint density at radius 1 is 1.56 bits per heavy atom. The zero-order valence-corrected chi connectivity index (χ0v) is 11.7. The summed E-state index contributed by atoms with van der Waals surface area (Å²) in [6.07, 6.45) is 0.792. The summed E-state index contributed by atoms with van der Waals surface area (Å²) >= 11 is 3.26. The molecule has 0 saturated carbocycles. The van der Waals surface area contributed by atoms with Crippen LogP contribution in [-0.4, -0.2) is 25.2 Å². The third kappa shape index (κ3) is 3.09. The van der Waals surface area contributed by atoms with E-state index in [-0.39, 0.29) is 17.9 Å². The van der Waals surface area contributed by atoms with Gasteiger partial charge >= 0.3 is 0 Å². The fraction of sp³-hybridized carbons (Fsp3) is 0.462. The molecular formula is C13H15BrFNO2. The molecule has 0 spiro atoms. The largest absolute Gasteiger partial charge is 0.381 e. The maximum absolute atomic E-state index is 13.1. The van der Waals surface area contributed by atoms with E-state index in [2.05, 4.69) is 21.2 Å². The molecular weight excluding hydrogens is 301 g/mol. The molecule has 18 heavy (non-hydrogen) atoms. The van der Waals surface area contributed by atoms with Crippen molar-refractivity contribution >= 4 is 21.8 Å². The van der Waals surface area contributed by atoms with Gasteiger partial charge in [0.2, 0.25) is 0 Å². The lowest BCUT2D eigenvalue weighted by Gasteiger charge is -2.29. The van der Waals surface area contributed by atoms with Gasteiger partial charge in [-0.25, -0.2) is 4.39 Å². The highest BCUT2D eigenvalue weighted by molar-refractivity contribution is 9.10. The number of ether oxygens (including phenoxy) is 1. The molecule has 98 valence electrons. The number of benzene rings is 1. The summed E-state index contributed by atoms with van der Waals surface area (Å²) in [5.74, 6) is -0.390. The third-order valence-corrected chi connectivity index (χ3v) is 3.82. The molecule has 0 radical (unpaired) electrons. The second kappa shape index (κ2) is 5.80. The molecule has 1 aromatic rings. The van der Waals surface area contributed by atoms with Crippen LogP contribution >= 0.6 is 15.9 Å². The highest BCUT2D eigenvalue weighted by Gasteiger charge is 2.24. The number of halogens is 2. The number of rotatable bonds is 2.